The molecule has 0 aromatic rings. The second-order valence-electron chi connectivity index (χ2n) is 17.0. The predicted octanol–water partition coefficient (Wildman–Crippen LogP) is 17.5. The number of allylic oxidation sites excluding steroid dienone is 18. The summed E-state index contributed by atoms with van der Waals surface area (Å²) in [6, 6.07) is 0. The molecule has 0 fully saturated rings. The first-order chi connectivity index (χ1) is 32.0. The van der Waals surface area contributed by atoms with Crippen molar-refractivity contribution in [1.29, 1.82) is 0 Å². The standard InChI is InChI=1S/C59H96O6/c1-4-7-10-13-15-17-19-21-22-23-24-25-26-27-28-29-30-31-32-33-34-35-36-38-39-41-43-46-49-52-58(61)64-55-56(54-63-57(60)51-48-45-12-9-6-3)65-59(62)53-50-47-44-42-40-37-20-18-16-14-11-8-5-2/h7-8,10-11,15-18,21-22,24-25,27-28,30-31,37,40,56H,4-6,9,12-14,19-20,23,26,29,32-36,38-39,41-55H2,1-3H3/b10-7-,11-8-,17-15-,18-16-,22-21-,25-24-,28-27-,31-30-,40-37-. The maximum Gasteiger partial charge on any atom is 0.306 e. The van der Waals surface area contributed by atoms with Gasteiger partial charge in [0.15, 0.2) is 6.10 Å². The minimum absolute atomic E-state index is 0.0928. The summed E-state index contributed by atoms with van der Waals surface area (Å²) < 4.78 is 16.6. The summed E-state index contributed by atoms with van der Waals surface area (Å²) in [7, 11) is 0. The minimum Gasteiger partial charge on any atom is -0.462 e. The molecule has 0 amide bonds. The van der Waals surface area contributed by atoms with Crippen molar-refractivity contribution < 1.29 is 28.6 Å². The van der Waals surface area contributed by atoms with Crippen molar-refractivity contribution in [3.8, 4) is 0 Å². The van der Waals surface area contributed by atoms with Gasteiger partial charge in [0.05, 0.1) is 0 Å². The Labute approximate surface area is 400 Å². The van der Waals surface area contributed by atoms with Crippen molar-refractivity contribution in [3.63, 3.8) is 0 Å². The zero-order chi connectivity index (χ0) is 47.2. The Morgan fingerprint density at radius 2 is 0.600 bits per heavy atom. The molecule has 0 radical (unpaired) electrons. The molecular formula is C59H96O6. The molecule has 0 N–H and O–H groups in total. The molecule has 65 heavy (non-hydrogen) atoms. The van der Waals surface area contributed by atoms with E-state index in [2.05, 4.69) is 130 Å². The van der Waals surface area contributed by atoms with Gasteiger partial charge in [-0.25, -0.2) is 0 Å². The number of ether oxygens (including phenoxy) is 3. The molecule has 0 rings (SSSR count). The van der Waals surface area contributed by atoms with Crippen molar-refractivity contribution in [1.82, 2.24) is 0 Å². The maximum absolute atomic E-state index is 12.7. The van der Waals surface area contributed by atoms with Crippen LogP contribution in [0.2, 0.25) is 0 Å². The van der Waals surface area contributed by atoms with E-state index >= 15 is 0 Å². The van der Waals surface area contributed by atoms with E-state index in [0.29, 0.717) is 19.3 Å². The van der Waals surface area contributed by atoms with Crippen molar-refractivity contribution in [3.05, 3.63) is 109 Å². The number of unbranched alkanes of at least 4 members (excludes halogenated alkanes) is 17. The lowest BCUT2D eigenvalue weighted by molar-refractivity contribution is -0.167. The number of hydrogen-bond donors (Lipinski definition) is 0. The van der Waals surface area contributed by atoms with E-state index in [1.807, 2.05) is 0 Å². The van der Waals surface area contributed by atoms with E-state index in [-0.39, 0.29) is 31.1 Å². The Bertz CT molecular complexity index is 1360. The van der Waals surface area contributed by atoms with Gasteiger partial charge in [0.1, 0.15) is 13.2 Å². The van der Waals surface area contributed by atoms with Gasteiger partial charge in [-0.15, -0.1) is 0 Å². The highest BCUT2D eigenvalue weighted by atomic mass is 16.6. The van der Waals surface area contributed by atoms with Gasteiger partial charge in [0.2, 0.25) is 0 Å². The Morgan fingerprint density at radius 3 is 0.954 bits per heavy atom. The second kappa shape index (κ2) is 52.7. The highest BCUT2D eigenvalue weighted by Gasteiger charge is 2.19. The van der Waals surface area contributed by atoms with E-state index in [9.17, 15) is 14.4 Å². The minimum atomic E-state index is -0.791. The van der Waals surface area contributed by atoms with E-state index in [1.165, 1.54) is 51.4 Å². The third kappa shape index (κ3) is 50.9. The molecule has 0 bridgehead atoms. The summed E-state index contributed by atoms with van der Waals surface area (Å²) >= 11 is 0. The van der Waals surface area contributed by atoms with Gasteiger partial charge in [-0.1, -0.05) is 214 Å². The van der Waals surface area contributed by atoms with Crippen LogP contribution in [0, 0.1) is 0 Å². The van der Waals surface area contributed by atoms with E-state index in [4.69, 9.17) is 14.2 Å². The van der Waals surface area contributed by atoms with Crippen molar-refractivity contribution >= 4 is 17.9 Å². The fraction of sp³-hybridized carbons (Fsp3) is 0.644. The van der Waals surface area contributed by atoms with Gasteiger partial charge in [0, 0.05) is 19.3 Å². The van der Waals surface area contributed by atoms with Gasteiger partial charge in [0.25, 0.3) is 0 Å². The van der Waals surface area contributed by atoms with Crippen molar-refractivity contribution in [2.75, 3.05) is 13.2 Å². The van der Waals surface area contributed by atoms with Crippen LogP contribution < -0.4 is 0 Å². The van der Waals surface area contributed by atoms with Crippen LogP contribution in [-0.4, -0.2) is 37.2 Å². The SMILES string of the molecule is CC/C=C\C/C=C\C/C=C\C/C=C\C/C=C\C/C=C\CCCCCCCCCCCCC(=O)OCC(COC(=O)CCCCCCC)OC(=O)CCCCC/C=C\C/C=C\C/C=C\CC. The molecule has 368 valence electrons. The monoisotopic (exact) mass is 901 g/mol. The molecule has 0 aliphatic rings. The van der Waals surface area contributed by atoms with Crippen LogP contribution >= 0.6 is 0 Å². The van der Waals surface area contributed by atoms with Crippen LogP contribution in [0.3, 0.4) is 0 Å². The molecule has 0 spiro atoms. The Morgan fingerprint density at radius 1 is 0.323 bits per heavy atom. The van der Waals surface area contributed by atoms with Crippen LogP contribution in [0.1, 0.15) is 226 Å². The number of rotatable bonds is 46. The first-order valence-electron chi connectivity index (χ1n) is 26.4. The quantitative estimate of drug-likeness (QED) is 0.0262. The maximum atomic E-state index is 12.7. The molecule has 0 aliphatic heterocycles. The van der Waals surface area contributed by atoms with Crippen LogP contribution in [0.15, 0.2) is 109 Å². The van der Waals surface area contributed by atoms with Crippen LogP contribution in [0.25, 0.3) is 0 Å². The average molecular weight is 901 g/mol. The highest BCUT2D eigenvalue weighted by Crippen LogP contribution is 2.14. The van der Waals surface area contributed by atoms with Crippen LogP contribution in [0.4, 0.5) is 0 Å². The highest BCUT2D eigenvalue weighted by molar-refractivity contribution is 5.71. The lowest BCUT2D eigenvalue weighted by Gasteiger charge is -2.18. The Balaban J connectivity index is 4.10. The largest absolute Gasteiger partial charge is 0.462 e. The Hall–Kier alpha value is -3.93. The molecule has 6 heteroatoms. The fourth-order valence-corrected chi connectivity index (χ4v) is 6.87. The average Bonchev–Trinajstić information content (AvgIpc) is 3.30. The van der Waals surface area contributed by atoms with E-state index in [0.717, 1.165) is 135 Å². The molecule has 0 saturated heterocycles. The number of hydrogen-bond acceptors (Lipinski definition) is 6. The summed E-state index contributed by atoms with van der Waals surface area (Å²) in [5.74, 6) is -0.947. The normalized spacial score (nSPS) is 13.0. The van der Waals surface area contributed by atoms with E-state index < -0.39 is 6.10 Å². The molecule has 0 saturated carbocycles. The summed E-state index contributed by atoms with van der Waals surface area (Å²) in [5.41, 5.74) is 0. The van der Waals surface area contributed by atoms with E-state index in [1.54, 1.807) is 0 Å². The topological polar surface area (TPSA) is 78.9 Å². The number of carbonyl (C=O) groups is 3. The van der Waals surface area contributed by atoms with Gasteiger partial charge in [-0.2, -0.15) is 0 Å². The smallest absolute Gasteiger partial charge is 0.306 e. The second-order valence-corrected chi connectivity index (χ2v) is 17.0. The molecular weight excluding hydrogens is 805 g/mol. The van der Waals surface area contributed by atoms with Gasteiger partial charge in [-0.3, -0.25) is 14.4 Å². The number of carbonyl (C=O) groups excluding carboxylic acids is 3. The first-order valence-corrected chi connectivity index (χ1v) is 26.4. The van der Waals surface area contributed by atoms with Crippen molar-refractivity contribution in [2.24, 2.45) is 0 Å². The fourth-order valence-electron chi connectivity index (χ4n) is 6.87. The lowest BCUT2D eigenvalue weighted by Crippen LogP contribution is -2.30. The summed E-state index contributed by atoms with van der Waals surface area (Å²) in [4.78, 5) is 37.6. The van der Waals surface area contributed by atoms with Gasteiger partial charge >= 0.3 is 17.9 Å². The number of esters is 3. The molecule has 6 nitrogen and oxygen atoms in total. The first kappa shape index (κ1) is 61.1. The molecule has 0 aliphatic carbocycles. The van der Waals surface area contributed by atoms with Crippen LogP contribution in [0.5, 0.6) is 0 Å². The van der Waals surface area contributed by atoms with Crippen molar-refractivity contribution in [2.45, 2.75) is 232 Å². The molecule has 1 atom stereocenters. The lowest BCUT2D eigenvalue weighted by atomic mass is 10.1. The molecule has 0 aromatic carbocycles. The molecule has 0 heterocycles. The zero-order valence-electron chi connectivity index (χ0n) is 42.0. The summed E-state index contributed by atoms with van der Waals surface area (Å²) in [6.45, 7) is 6.28. The van der Waals surface area contributed by atoms with Crippen LogP contribution in [-0.2, 0) is 28.6 Å². The summed E-state index contributed by atoms with van der Waals surface area (Å²) in [6.07, 6.45) is 71.3. The summed E-state index contributed by atoms with van der Waals surface area (Å²) in [5, 5.41) is 0. The third-order valence-electron chi connectivity index (χ3n) is 10.8. The van der Waals surface area contributed by atoms with Gasteiger partial charge in [-0.05, 0) is 103 Å². The Kier molecular flexibility index (Phi) is 49.5. The predicted molar refractivity (Wildman–Crippen MR) is 279 cm³/mol. The molecule has 1 unspecified atom stereocenters. The zero-order valence-corrected chi connectivity index (χ0v) is 42.0. The third-order valence-corrected chi connectivity index (χ3v) is 10.8. The molecule has 0 aromatic heterocycles. The van der Waals surface area contributed by atoms with Gasteiger partial charge < -0.3 is 14.2 Å².